The van der Waals surface area contributed by atoms with Crippen LogP contribution in [0.5, 0.6) is 0 Å². The molecule has 3 amide bonds. The van der Waals surface area contributed by atoms with Gasteiger partial charge in [-0.25, -0.2) is 4.79 Å². The molecule has 0 atom stereocenters. The second-order valence-corrected chi connectivity index (χ2v) is 6.20. The predicted octanol–water partition coefficient (Wildman–Crippen LogP) is 3.24. The molecule has 0 aliphatic carbocycles. The molecule has 0 bridgehead atoms. The molecule has 0 saturated heterocycles. The average Bonchev–Trinajstić information content (AvgIpc) is 2.89. The lowest BCUT2D eigenvalue weighted by molar-refractivity contribution is -0.384. The fourth-order valence-electron chi connectivity index (χ4n) is 2.44. The first kappa shape index (κ1) is 19.1. The zero-order valence-corrected chi connectivity index (χ0v) is 15.3. The van der Waals surface area contributed by atoms with Crippen LogP contribution in [0.2, 0.25) is 5.02 Å². The number of carbonyl (C=O) groups is 2. The molecule has 0 radical (unpaired) electrons. The van der Waals surface area contributed by atoms with E-state index >= 15 is 0 Å². The first-order valence-electron chi connectivity index (χ1n) is 8.00. The monoisotopic (exact) mass is 399 g/mol. The lowest BCUT2D eigenvalue weighted by Gasteiger charge is -2.16. The van der Waals surface area contributed by atoms with Crippen molar-refractivity contribution in [1.82, 2.24) is 10.2 Å². The van der Waals surface area contributed by atoms with Crippen molar-refractivity contribution in [2.45, 2.75) is 0 Å². The van der Waals surface area contributed by atoms with Gasteiger partial charge >= 0.3 is 6.03 Å². The van der Waals surface area contributed by atoms with Gasteiger partial charge in [-0.1, -0.05) is 17.7 Å². The highest BCUT2D eigenvalue weighted by molar-refractivity contribution is 6.31. The molecule has 2 N–H and O–H groups in total. The molecule has 0 spiro atoms. The number of hydrogen-bond donors (Lipinski definition) is 2. The lowest BCUT2D eigenvalue weighted by Crippen LogP contribution is -2.41. The predicted molar refractivity (Wildman–Crippen MR) is 105 cm³/mol. The third-order valence-corrected chi connectivity index (χ3v) is 4.06. The summed E-state index contributed by atoms with van der Waals surface area (Å²) in [7, 11) is 1.57. The molecule has 1 aliphatic rings. The molecule has 3 rings (SSSR count). The summed E-state index contributed by atoms with van der Waals surface area (Å²) in [6.07, 6.45) is 1.53. The smallest absolute Gasteiger partial charge is 0.310 e. The molecule has 142 valence electrons. The van der Waals surface area contributed by atoms with Gasteiger partial charge in [0.15, 0.2) is 0 Å². The quantitative estimate of drug-likeness (QED) is 0.466. The van der Waals surface area contributed by atoms with Crippen LogP contribution in [0.3, 0.4) is 0 Å². The first-order valence-corrected chi connectivity index (χ1v) is 8.38. The highest BCUT2D eigenvalue weighted by Gasteiger charge is 2.27. The number of nitro groups is 1. The van der Waals surface area contributed by atoms with Gasteiger partial charge in [0.05, 0.1) is 4.92 Å². The molecule has 1 aliphatic heterocycles. The molecule has 28 heavy (non-hydrogen) atoms. The highest BCUT2D eigenvalue weighted by atomic mass is 35.5. The van der Waals surface area contributed by atoms with Crippen LogP contribution in [-0.4, -0.2) is 34.8 Å². The van der Waals surface area contributed by atoms with E-state index in [1.165, 1.54) is 35.2 Å². The third-order valence-electron chi connectivity index (χ3n) is 3.82. The molecule has 0 fully saturated rings. The number of hydrogen-bond acceptors (Lipinski definition) is 5. The summed E-state index contributed by atoms with van der Waals surface area (Å²) in [6.45, 7) is 0. The van der Waals surface area contributed by atoms with Crippen molar-refractivity contribution in [3.05, 3.63) is 74.9 Å². The number of amides is 3. The molecule has 0 unspecified atom stereocenters. The van der Waals surface area contributed by atoms with Gasteiger partial charge in [-0.05, 0) is 42.0 Å². The van der Waals surface area contributed by atoms with E-state index in [1.54, 1.807) is 31.3 Å². The third kappa shape index (κ3) is 4.33. The minimum Gasteiger partial charge on any atom is -0.310 e. The summed E-state index contributed by atoms with van der Waals surface area (Å²) in [6, 6.07) is 11.7. The molecule has 9 nitrogen and oxygen atoms in total. The SMILES string of the molecule is CN1C(NC(=O)Nc2cccc(Cl)c2)=NC(=O)/C1=C/c1ccc([N+](=O)[O-])cc1. The average molecular weight is 400 g/mol. The Labute approximate surface area is 164 Å². The number of aliphatic imine (C=N–C) groups is 1. The maximum Gasteiger partial charge on any atom is 0.326 e. The minimum atomic E-state index is -0.586. The summed E-state index contributed by atoms with van der Waals surface area (Å²) in [5, 5.41) is 16.3. The molecule has 10 heteroatoms. The normalized spacial score (nSPS) is 14.8. The van der Waals surface area contributed by atoms with E-state index in [1.807, 2.05) is 0 Å². The van der Waals surface area contributed by atoms with Gasteiger partial charge in [-0.2, -0.15) is 4.99 Å². The molecule has 2 aromatic rings. The Morgan fingerprint density at radius 1 is 1.21 bits per heavy atom. The summed E-state index contributed by atoms with van der Waals surface area (Å²) in [5.41, 5.74) is 1.23. The molecule has 2 aromatic carbocycles. The van der Waals surface area contributed by atoms with Gasteiger partial charge < -0.3 is 10.2 Å². The fourth-order valence-corrected chi connectivity index (χ4v) is 2.63. The topological polar surface area (TPSA) is 117 Å². The minimum absolute atomic E-state index is 0.0513. The Bertz CT molecular complexity index is 1020. The van der Waals surface area contributed by atoms with Gasteiger partial charge in [0, 0.05) is 29.9 Å². The zero-order valence-electron chi connectivity index (χ0n) is 14.5. The lowest BCUT2D eigenvalue weighted by atomic mass is 10.1. The summed E-state index contributed by atoms with van der Waals surface area (Å²) in [5.74, 6) is -0.489. The van der Waals surface area contributed by atoms with Gasteiger partial charge in [-0.3, -0.25) is 20.2 Å². The number of non-ortho nitro benzene ring substituents is 1. The number of anilines is 1. The fraction of sp³-hybridized carbons (Fsp3) is 0.0556. The number of likely N-dealkylation sites (N-methyl/N-ethyl adjacent to an activating group) is 1. The maximum atomic E-state index is 12.2. The Morgan fingerprint density at radius 2 is 1.93 bits per heavy atom. The molecule has 1 heterocycles. The Balaban J connectivity index is 1.69. The second kappa shape index (κ2) is 7.89. The number of nitrogens with zero attached hydrogens (tertiary/aromatic N) is 3. The second-order valence-electron chi connectivity index (χ2n) is 5.77. The van der Waals surface area contributed by atoms with Gasteiger partial charge in [-0.15, -0.1) is 0 Å². The van der Waals surface area contributed by atoms with E-state index in [0.717, 1.165) is 0 Å². The number of carbonyl (C=O) groups excluding carboxylic acids is 2. The largest absolute Gasteiger partial charge is 0.326 e. The highest BCUT2D eigenvalue weighted by Crippen LogP contribution is 2.19. The van der Waals surface area contributed by atoms with Crippen molar-refractivity contribution < 1.29 is 14.5 Å². The van der Waals surface area contributed by atoms with Gasteiger partial charge in [0.25, 0.3) is 11.6 Å². The van der Waals surface area contributed by atoms with E-state index in [9.17, 15) is 19.7 Å². The van der Waals surface area contributed by atoms with E-state index in [-0.39, 0.29) is 17.3 Å². The molecular weight excluding hydrogens is 386 g/mol. The molecular formula is C18H14ClN5O4. The van der Waals surface area contributed by atoms with Gasteiger partial charge in [0.1, 0.15) is 5.70 Å². The Morgan fingerprint density at radius 3 is 2.57 bits per heavy atom. The Hall–Kier alpha value is -3.72. The number of benzene rings is 2. The van der Waals surface area contributed by atoms with Crippen molar-refractivity contribution in [2.24, 2.45) is 4.99 Å². The molecule has 0 aromatic heterocycles. The van der Waals surface area contributed by atoms with Crippen molar-refractivity contribution in [3.63, 3.8) is 0 Å². The van der Waals surface area contributed by atoms with Crippen LogP contribution in [0.1, 0.15) is 5.56 Å². The van der Waals surface area contributed by atoms with Crippen molar-refractivity contribution in [3.8, 4) is 0 Å². The number of nitrogens with one attached hydrogen (secondary N) is 2. The zero-order chi connectivity index (χ0) is 20.3. The van der Waals surface area contributed by atoms with E-state index in [0.29, 0.717) is 16.3 Å². The van der Waals surface area contributed by atoms with Gasteiger partial charge in [0.2, 0.25) is 5.96 Å². The van der Waals surface area contributed by atoms with Crippen molar-refractivity contribution >= 4 is 46.9 Å². The van der Waals surface area contributed by atoms with Crippen molar-refractivity contribution in [1.29, 1.82) is 0 Å². The number of halogens is 1. The van der Waals surface area contributed by atoms with Crippen LogP contribution in [-0.2, 0) is 4.79 Å². The van der Waals surface area contributed by atoms with E-state index in [4.69, 9.17) is 11.6 Å². The number of nitro benzene ring substituents is 1. The molecule has 0 saturated carbocycles. The van der Waals surface area contributed by atoms with Crippen LogP contribution in [0.4, 0.5) is 16.2 Å². The van der Waals surface area contributed by atoms with Crippen LogP contribution in [0, 0.1) is 10.1 Å². The van der Waals surface area contributed by atoms with Crippen LogP contribution in [0.25, 0.3) is 6.08 Å². The summed E-state index contributed by atoms with van der Waals surface area (Å²) in [4.78, 5) is 39.7. The van der Waals surface area contributed by atoms with Crippen molar-refractivity contribution in [2.75, 3.05) is 12.4 Å². The van der Waals surface area contributed by atoms with Crippen LogP contribution in [0.15, 0.2) is 59.2 Å². The van der Waals surface area contributed by atoms with Crippen LogP contribution >= 0.6 is 11.6 Å². The van der Waals surface area contributed by atoms with Crippen LogP contribution < -0.4 is 10.6 Å². The summed E-state index contributed by atoms with van der Waals surface area (Å²) < 4.78 is 0. The summed E-state index contributed by atoms with van der Waals surface area (Å²) >= 11 is 5.87. The maximum absolute atomic E-state index is 12.2. The number of urea groups is 1. The Kier molecular flexibility index (Phi) is 5.37. The van der Waals surface area contributed by atoms with E-state index in [2.05, 4.69) is 15.6 Å². The van der Waals surface area contributed by atoms with E-state index < -0.39 is 16.9 Å². The first-order chi connectivity index (χ1) is 13.3. The number of guanidine groups is 1. The number of rotatable bonds is 3. The standard InChI is InChI=1S/C18H14ClN5O4/c1-23-15(9-11-5-7-14(8-6-11)24(27)28)16(25)21-17(23)22-18(26)20-13-4-2-3-12(19)10-13/h2-10H,1H3,(H2,20,21,22,25,26)/b15-9-.